The highest BCUT2D eigenvalue weighted by atomic mass is 32.2. The molecule has 0 aliphatic heterocycles. The Kier molecular flexibility index (Phi) is 5.42. The van der Waals surface area contributed by atoms with Crippen LogP contribution in [0, 0.1) is 22.7 Å². The Morgan fingerprint density at radius 1 is 0.909 bits per heavy atom. The lowest BCUT2D eigenvalue weighted by atomic mass is 10.0. The SMILES string of the molecule is CSC1=C(SC)c2cc(=O)cc(SC)cc2C1=C(C#N)C#N. The molecule has 110 valence electrons. The minimum absolute atomic E-state index is 0.0747. The normalized spacial score (nSPS) is 12.7. The fourth-order valence-corrected chi connectivity index (χ4v) is 4.67. The van der Waals surface area contributed by atoms with Crippen LogP contribution in [0.5, 0.6) is 0 Å². The predicted octanol–water partition coefficient (Wildman–Crippen LogP) is 3.98. The first-order chi connectivity index (χ1) is 10.6. The third kappa shape index (κ3) is 2.83. The van der Waals surface area contributed by atoms with Crippen LogP contribution in [0.25, 0.3) is 10.5 Å². The van der Waals surface area contributed by atoms with Crippen molar-refractivity contribution in [3.63, 3.8) is 0 Å². The number of fused-ring (bicyclic) bond motifs is 1. The Hall–Kier alpha value is -1.60. The maximum Gasteiger partial charge on any atom is 0.180 e. The molecule has 0 atom stereocenters. The van der Waals surface area contributed by atoms with Gasteiger partial charge in [-0.1, -0.05) is 0 Å². The molecule has 1 aromatic rings. The zero-order valence-corrected chi connectivity index (χ0v) is 14.7. The van der Waals surface area contributed by atoms with Crippen LogP contribution in [0.1, 0.15) is 11.1 Å². The topological polar surface area (TPSA) is 64.7 Å². The van der Waals surface area contributed by atoms with Crippen LogP contribution in [-0.2, 0) is 0 Å². The van der Waals surface area contributed by atoms with Gasteiger partial charge in [0.05, 0.1) is 0 Å². The van der Waals surface area contributed by atoms with E-state index in [2.05, 4.69) is 0 Å². The van der Waals surface area contributed by atoms with Crippen LogP contribution in [0.2, 0.25) is 0 Å². The lowest BCUT2D eigenvalue weighted by Gasteiger charge is -2.04. The van der Waals surface area contributed by atoms with E-state index in [0.717, 1.165) is 25.8 Å². The van der Waals surface area contributed by atoms with E-state index in [1.165, 1.54) is 35.3 Å². The average molecular weight is 344 g/mol. The van der Waals surface area contributed by atoms with Gasteiger partial charge in [-0.05, 0) is 42.5 Å². The van der Waals surface area contributed by atoms with E-state index in [1.807, 2.05) is 37.0 Å². The number of rotatable bonds is 3. The highest BCUT2D eigenvalue weighted by Crippen LogP contribution is 2.50. The third-order valence-corrected chi connectivity index (χ3v) is 5.70. The predicted molar refractivity (Wildman–Crippen MR) is 96.6 cm³/mol. The van der Waals surface area contributed by atoms with Gasteiger partial charge < -0.3 is 0 Å². The molecule has 1 aliphatic rings. The summed E-state index contributed by atoms with van der Waals surface area (Å²) in [5.74, 6) is 0. The summed E-state index contributed by atoms with van der Waals surface area (Å²) in [7, 11) is 0. The molecule has 0 saturated heterocycles. The molecule has 0 unspecified atom stereocenters. The fraction of sp³-hybridized carbons (Fsp3) is 0.188. The molecular weight excluding hydrogens is 332 g/mol. The molecule has 0 N–H and O–H groups in total. The summed E-state index contributed by atoms with van der Waals surface area (Å²) in [5.41, 5.74) is 2.25. The van der Waals surface area contributed by atoms with Gasteiger partial charge in [-0.15, -0.1) is 35.3 Å². The molecule has 1 aliphatic carbocycles. The van der Waals surface area contributed by atoms with Gasteiger partial charge in [-0.25, -0.2) is 0 Å². The van der Waals surface area contributed by atoms with Crippen molar-refractivity contribution in [3.8, 4) is 12.1 Å². The molecule has 0 spiro atoms. The molecule has 3 nitrogen and oxygen atoms in total. The molecule has 22 heavy (non-hydrogen) atoms. The van der Waals surface area contributed by atoms with Gasteiger partial charge >= 0.3 is 0 Å². The third-order valence-electron chi connectivity index (χ3n) is 3.21. The highest BCUT2D eigenvalue weighted by molar-refractivity contribution is 8.10. The minimum Gasteiger partial charge on any atom is -0.290 e. The Bertz CT molecular complexity index is 826. The summed E-state index contributed by atoms with van der Waals surface area (Å²) in [6, 6.07) is 9.03. The second kappa shape index (κ2) is 7.11. The lowest BCUT2D eigenvalue weighted by molar-refractivity contribution is 1.45. The Morgan fingerprint density at radius 3 is 2.05 bits per heavy atom. The van der Waals surface area contributed by atoms with Crippen molar-refractivity contribution in [1.82, 2.24) is 0 Å². The van der Waals surface area contributed by atoms with E-state index in [9.17, 15) is 15.3 Å². The van der Waals surface area contributed by atoms with Crippen molar-refractivity contribution in [1.29, 1.82) is 10.5 Å². The molecule has 0 bridgehead atoms. The molecule has 0 fully saturated rings. The van der Waals surface area contributed by atoms with Crippen LogP contribution in [-0.4, -0.2) is 18.8 Å². The van der Waals surface area contributed by atoms with Crippen molar-refractivity contribution >= 4 is 45.8 Å². The minimum atomic E-state index is -0.0747. The molecule has 2 rings (SSSR count). The van der Waals surface area contributed by atoms with Crippen molar-refractivity contribution in [2.75, 3.05) is 18.8 Å². The van der Waals surface area contributed by atoms with Crippen LogP contribution in [0.15, 0.2) is 38.4 Å². The van der Waals surface area contributed by atoms with Crippen LogP contribution in [0.3, 0.4) is 0 Å². The molecule has 0 saturated carbocycles. The van der Waals surface area contributed by atoms with Gasteiger partial charge in [0.25, 0.3) is 0 Å². The second-order valence-electron chi connectivity index (χ2n) is 4.31. The molecule has 1 aromatic carbocycles. The summed E-state index contributed by atoms with van der Waals surface area (Å²) in [6.07, 6.45) is 5.74. The van der Waals surface area contributed by atoms with Gasteiger partial charge in [0.2, 0.25) is 0 Å². The molecule has 0 aromatic heterocycles. The maximum atomic E-state index is 12.1. The van der Waals surface area contributed by atoms with E-state index < -0.39 is 0 Å². The van der Waals surface area contributed by atoms with E-state index in [-0.39, 0.29) is 11.0 Å². The smallest absolute Gasteiger partial charge is 0.180 e. The van der Waals surface area contributed by atoms with Crippen LogP contribution >= 0.6 is 35.3 Å². The molecule has 0 heterocycles. The summed E-state index contributed by atoms with van der Waals surface area (Å²) in [6.45, 7) is 0. The number of nitrogens with zero attached hydrogens (tertiary/aromatic N) is 2. The van der Waals surface area contributed by atoms with E-state index in [1.54, 1.807) is 12.1 Å². The fourth-order valence-electron chi connectivity index (χ4n) is 2.32. The number of hydrogen-bond donors (Lipinski definition) is 0. The number of thioether (sulfide) groups is 3. The summed E-state index contributed by atoms with van der Waals surface area (Å²) >= 11 is 4.49. The average Bonchev–Trinajstić information content (AvgIpc) is 2.69. The molecule has 6 heteroatoms. The number of nitriles is 2. The van der Waals surface area contributed by atoms with Gasteiger partial charge in [0.15, 0.2) is 5.43 Å². The maximum absolute atomic E-state index is 12.1. The lowest BCUT2D eigenvalue weighted by Crippen LogP contribution is -1.93. The quantitative estimate of drug-likeness (QED) is 0.610. The summed E-state index contributed by atoms with van der Waals surface area (Å²) < 4.78 is 0. The summed E-state index contributed by atoms with van der Waals surface area (Å²) in [4.78, 5) is 14.7. The zero-order valence-electron chi connectivity index (χ0n) is 12.3. The highest BCUT2D eigenvalue weighted by Gasteiger charge is 2.28. The first-order valence-electron chi connectivity index (χ1n) is 6.22. The first kappa shape index (κ1) is 16.8. The molecule has 0 amide bonds. The second-order valence-corrected chi connectivity index (χ2v) is 6.82. The standard InChI is InChI=1S/C16H12N2OS3/c1-20-11-4-10(19)5-13-12(6-11)14(9(7-17)8-18)16(22-3)15(13)21-2/h4-6H,1-3H3. The summed E-state index contributed by atoms with van der Waals surface area (Å²) in [5, 5.41) is 18.6. The van der Waals surface area contributed by atoms with Gasteiger partial charge in [-0.3, -0.25) is 4.79 Å². The largest absolute Gasteiger partial charge is 0.290 e. The molecular formula is C16H12N2OS3. The van der Waals surface area contributed by atoms with Crippen LogP contribution < -0.4 is 5.43 Å². The Balaban J connectivity index is 3.00. The first-order valence-corrected chi connectivity index (χ1v) is 9.89. The van der Waals surface area contributed by atoms with Gasteiger partial charge in [0.1, 0.15) is 17.7 Å². The van der Waals surface area contributed by atoms with Gasteiger partial charge in [-0.2, -0.15) is 10.5 Å². The molecule has 0 radical (unpaired) electrons. The monoisotopic (exact) mass is 344 g/mol. The van der Waals surface area contributed by atoms with Crippen molar-refractivity contribution in [2.45, 2.75) is 4.90 Å². The van der Waals surface area contributed by atoms with Crippen molar-refractivity contribution < 1.29 is 0 Å². The van der Waals surface area contributed by atoms with E-state index >= 15 is 0 Å². The number of hydrogen-bond acceptors (Lipinski definition) is 6. The van der Waals surface area contributed by atoms with Crippen LogP contribution in [0.4, 0.5) is 0 Å². The van der Waals surface area contributed by atoms with Crippen molar-refractivity contribution in [2.24, 2.45) is 0 Å². The van der Waals surface area contributed by atoms with E-state index in [4.69, 9.17) is 0 Å². The number of allylic oxidation sites excluding steroid dienone is 2. The van der Waals surface area contributed by atoms with Crippen molar-refractivity contribution in [3.05, 3.63) is 50.0 Å². The Morgan fingerprint density at radius 2 is 1.55 bits per heavy atom. The van der Waals surface area contributed by atoms with Gasteiger partial charge in [0, 0.05) is 25.8 Å². The zero-order chi connectivity index (χ0) is 16.3. The van der Waals surface area contributed by atoms with E-state index in [0.29, 0.717) is 5.57 Å². The Labute approximate surface area is 142 Å².